The van der Waals surface area contributed by atoms with Crippen molar-refractivity contribution in [3.8, 4) is 0 Å². The number of carbonyl (C=O) groups excluding carboxylic acids is 1. The number of nitrogens with one attached hydrogen (secondary N) is 2. The van der Waals surface area contributed by atoms with Gasteiger partial charge in [0.05, 0.1) is 18.7 Å². The summed E-state index contributed by atoms with van der Waals surface area (Å²) in [6.07, 6.45) is 6.53. The van der Waals surface area contributed by atoms with E-state index in [0.29, 0.717) is 12.4 Å². The van der Waals surface area contributed by atoms with Crippen LogP contribution in [-0.2, 0) is 13.0 Å². The number of rotatable bonds is 9. The molecule has 4 aromatic rings. The molecule has 5 rings (SSSR count). The number of amides is 2. The zero-order chi connectivity index (χ0) is 27.9. The Kier molecular flexibility index (Phi) is 9.03. The van der Waals surface area contributed by atoms with Gasteiger partial charge in [-0.1, -0.05) is 75.8 Å². The van der Waals surface area contributed by atoms with E-state index in [-0.39, 0.29) is 18.5 Å². The number of halogens is 1. The topological polar surface area (TPSA) is 107 Å². The van der Waals surface area contributed by atoms with Crippen LogP contribution in [0.15, 0.2) is 83.3 Å². The molecule has 1 aliphatic carbocycles. The lowest BCUT2D eigenvalue weighted by Crippen LogP contribution is -2.40. The number of tetrazole rings is 1. The molecule has 206 valence electrons. The quantitative estimate of drug-likeness (QED) is 0.199. The Morgan fingerprint density at radius 2 is 1.75 bits per heavy atom. The van der Waals surface area contributed by atoms with Gasteiger partial charge in [0.2, 0.25) is 0 Å². The Balaban J connectivity index is 1.35. The van der Waals surface area contributed by atoms with Gasteiger partial charge < -0.3 is 10.4 Å². The van der Waals surface area contributed by atoms with Crippen molar-refractivity contribution in [3.63, 3.8) is 0 Å². The van der Waals surface area contributed by atoms with Gasteiger partial charge in [0, 0.05) is 16.6 Å². The molecule has 1 aliphatic rings. The largest absolute Gasteiger partial charge is 0.388 e. The van der Waals surface area contributed by atoms with E-state index < -0.39 is 6.10 Å². The molecule has 2 atom stereocenters. The molecular formula is C31H33BrN6O2. The SMILES string of the molecule is C[C@H](NC(=O)N(Cc1ccc([C@H](O)Cc2nn[nH]n2)cc1)c1ccc(C2=CCCCC2)cc1)c1ccc(Br)cc1. The molecule has 3 N–H and O–H groups in total. The summed E-state index contributed by atoms with van der Waals surface area (Å²) >= 11 is 3.47. The minimum atomic E-state index is -0.751. The Labute approximate surface area is 242 Å². The molecular weight excluding hydrogens is 568 g/mol. The standard InChI is InChI=1S/C31H33BrN6O2/c1-21(23-11-15-27(32)16-12-23)33-31(40)38(28-17-13-25(14-18-28)24-5-3-2-4-6-24)20-22-7-9-26(10-8-22)29(39)19-30-34-36-37-35-30/h5,7-18,21,29,39H,2-4,6,19-20H2,1H3,(H,33,40)(H,34,35,36,37)/t21-,29+/m0/s1. The Bertz CT molecular complexity index is 1420. The molecule has 0 saturated heterocycles. The van der Waals surface area contributed by atoms with E-state index >= 15 is 0 Å². The van der Waals surface area contributed by atoms with Crippen molar-refractivity contribution in [1.29, 1.82) is 0 Å². The first kappa shape index (κ1) is 27.7. The van der Waals surface area contributed by atoms with E-state index in [1.807, 2.05) is 67.6 Å². The molecule has 0 unspecified atom stereocenters. The molecule has 0 aliphatic heterocycles. The van der Waals surface area contributed by atoms with Crippen LogP contribution in [0, 0.1) is 0 Å². The fraction of sp³-hybridized carbons (Fsp3) is 0.290. The summed E-state index contributed by atoms with van der Waals surface area (Å²) in [6, 6.07) is 23.5. The second-order valence-electron chi connectivity index (χ2n) is 10.1. The predicted molar refractivity (Wildman–Crippen MR) is 159 cm³/mol. The third-order valence-electron chi connectivity index (χ3n) is 7.27. The lowest BCUT2D eigenvalue weighted by molar-refractivity contribution is 0.176. The number of carbonyl (C=O) groups is 1. The molecule has 3 aromatic carbocycles. The van der Waals surface area contributed by atoms with Crippen LogP contribution < -0.4 is 10.2 Å². The number of aromatic nitrogens is 4. The maximum absolute atomic E-state index is 13.7. The van der Waals surface area contributed by atoms with E-state index in [4.69, 9.17) is 0 Å². The van der Waals surface area contributed by atoms with Crippen LogP contribution in [0.3, 0.4) is 0 Å². The molecule has 1 heterocycles. The highest BCUT2D eigenvalue weighted by Crippen LogP contribution is 2.29. The normalized spacial score (nSPS) is 14.7. The van der Waals surface area contributed by atoms with E-state index in [0.717, 1.165) is 39.7 Å². The number of allylic oxidation sites excluding steroid dienone is 2. The second kappa shape index (κ2) is 13.0. The van der Waals surface area contributed by atoms with Gasteiger partial charge in [0.25, 0.3) is 0 Å². The molecule has 0 bridgehead atoms. The van der Waals surface area contributed by atoms with Crippen molar-refractivity contribution >= 4 is 33.2 Å². The van der Waals surface area contributed by atoms with Crippen molar-refractivity contribution < 1.29 is 9.90 Å². The van der Waals surface area contributed by atoms with Gasteiger partial charge in [-0.05, 0) is 84.7 Å². The number of aliphatic hydroxyl groups is 1. The molecule has 0 saturated carbocycles. The maximum atomic E-state index is 13.7. The summed E-state index contributed by atoms with van der Waals surface area (Å²) in [6.45, 7) is 2.36. The molecule has 9 heteroatoms. The van der Waals surface area contributed by atoms with Crippen LogP contribution in [0.4, 0.5) is 10.5 Å². The lowest BCUT2D eigenvalue weighted by atomic mass is 9.93. The van der Waals surface area contributed by atoms with Crippen LogP contribution in [0.5, 0.6) is 0 Å². The minimum absolute atomic E-state index is 0.169. The van der Waals surface area contributed by atoms with E-state index in [2.05, 4.69) is 60.1 Å². The number of hydrogen-bond donors (Lipinski definition) is 3. The van der Waals surface area contributed by atoms with Crippen LogP contribution in [0.1, 0.15) is 72.8 Å². The highest BCUT2D eigenvalue weighted by atomic mass is 79.9. The number of nitrogens with zero attached hydrogens (tertiary/aromatic N) is 4. The number of aromatic amines is 1. The average molecular weight is 602 g/mol. The van der Waals surface area contributed by atoms with Gasteiger partial charge >= 0.3 is 6.03 Å². The van der Waals surface area contributed by atoms with E-state index in [1.54, 1.807) is 4.90 Å². The molecule has 0 radical (unpaired) electrons. The van der Waals surface area contributed by atoms with Crippen molar-refractivity contribution in [1.82, 2.24) is 25.9 Å². The molecule has 40 heavy (non-hydrogen) atoms. The molecule has 0 fully saturated rings. The number of aliphatic hydroxyl groups excluding tert-OH is 1. The van der Waals surface area contributed by atoms with Gasteiger partial charge in [-0.2, -0.15) is 5.21 Å². The van der Waals surface area contributed by atoms with Crippen molar-refractivity contribution in [2.24, 2.45) is 0 Å². The summed E-state index contributed by atoms with van der Waals surface area (Å²) in [7, 11) is 0. The molecule has 1 aromatic heterocycles. The molecule has 2 amide bonds. The number of H-pyrrole nitrogens is 1. The molecule has 0 spiro atoms. The minimum Gasteiger partial charge on any atom is -0.388 e. The van der Waals surface area contributed by atoms with Crippen molar-refractivity contribution in [2.45, 2.75) is 57.7 Å². The number of benzene rings is 3. The number of anilines is 1. The zero-order valence-electron chi connectivity index (χ0n) is 22.4. The summed E-state index contributed by atoms with van der Waals surface area (Å²) in [5.74, 6) is 0.451. The Morgan fingerprint density at radius 1 is 1.02 bits per heavy atom. The highest BCUT2D eigenvalue weighted by molar-refractivity contribution is 9.10. The Morgan fingerprint density at radius 3 is 2.40 bits per heavy atom. The number of urea groups is 1. The lowest BCUT2D eigenvalue weighted by Gasteiger charge is -2.26. The van der Waals surface area contributed by atoms with Crippen LogP contribution >= 0.6 is 15.9 Å². The summed E-state index contributed by atoms with van der Waals surface area (Å²) in [5, 5.41) is 27.5. The number of hydrogen-bond acceptors (Lipinski definition) is 5. The summed E-state index contributed by atoms with van der Waals surface area (Å²) < 4.78 is 0.996. The van der Waals surface area contributed by atoms with E-state index in [9.17, 15) is 9.90 Å². The van der Waals surface area contributed by atoms with Gasteiger partial charge in [0.1, 0.15) is 0 Å². The summed E-state index contributed by atoms with van der Waals surface area (Å²) in [4.78, 5) is 15.4. The van der Waals surface area contributed by atoms with Crippen LogP contribution in [-0.4, -0.2) is 31.8 Å². The van der Waals surface area contributed by atoms with Crippen LogP contribution in [0.25, 0.3) is 5.57 Å². The fourth-order valence-electron chi connectivity index (χ4n) is 4.92. The first-order chi connectivity index (χ1) is 19.5. The van der Waals surface area contributed by atoms with Crippen LogP contribution in [0.2, 0.25) is 0 Å². The Hall–Kier alpha value is -3.82. The van der Waals surface area contributed by atoms with E-state index in [1.165, 1.54) is 24.0 Å². The van der Waals surface area contributed by atoms with Gasteiger partial charge in [-0.3, -0.25) is 4.90 Å². The first-order valence-electron chi connectivity index (χ1n) is 13.6. The summed E-state index contributed by atoms with van der Waals surface area (Å²) in [5.41, 5.74) is 6.14. The van der Waals surface area contributed by atoms with Crippen molar-refractivity contribution in [2.75, 3.05) is 4.90 Å². The highest BCUT2D eigenvalue weighted by Gasteiger charge is 2.20. The maximum Gasteiger partial charge on any atom is 0.322 e. The van der Waals surface area contributed by atoms with Gasteiger partial charge in [-0.25, -0.2) is 4.79 Å². The van der Waals surface area contributed by atoms with Gasteiger partial charge in [0.15, 0.2) is 5.82 Å². The van der Waals surface area contributed by atoms with Gasteiger partial charge in [-0.15, -0.1) is 10.2 Å². The third-order valence-corrected chi connectivity index (χ3v) is 7.79. The fourth-order valence-corrected chi connectivity index (χ4v) is 5.19. The second-order valence-corrected chi connectivity index (χ2v) is 11.0. The average Bonchev–Trinajstić information content (AvgIpc) is 3.50. The third kappa shape index (κ3) is 7.03. The monoisotopic (exact) mass is 600 g/mol. The van der Waals surface area contributed by atoms with Crippen molar-refractivity contribution in [3.05, 3.63) is 111 Å². The zero-order valence-corrected chi connectivity index (χ0v) is 24.0. The predicted octanol–water partition coefficient (Wildman–Crippen LogP) is 6.67. The first-order valence-corrected chi connectivity index (χ1v) is 14.4. The smallest absolute Gasteiger partial charge is 0.322 e. The molecule has 8 nitrogen and oxygen atoms in total.